The number of nitrogens with one attached hydrogen (secondary N) is 1. The smallest absolute Gasteiger partial charge is 0.252 e. The standard InChI is InChI=1S/C25H26NOP.C19H18NOP/c27-25(26-20-12-4-1-5-13-20)23-18-10-11-19-24(23)28(21-14-6-2-7-15-21)22-16-8-3-9-17-22;1-3-17(19(20)21)18(4-2)22(15-11-7-5-8-12-15)16-13-9-6-10-14-16/h2-3,6-11,14-20H,1,4-5,12-13H2,(H,26,27);3-14H,1-2H2,(H2,20,21)/b;18-17-. The molecule has 50 heavy (non-hydrogen) atoms. The second-order valence-corrected chi connectivity index (χ2v) is 16.3. The molecule has 5 aromatic carbocycles. The number of benzene rings is 5. The van der Waals surface area contributed by atoms with Crippen molar-refractivity contribution in [2.75, 3.05) is 0 Å². The number of carbonyl (C=O) groups excluding carboxylic acids is 2. The Kier molecular flexibility index (Phi) is 13.7. The van der Waals surface area contributed by atoms with Gasteiger partial charge in [-0.3, -0.25) is 9.59 Å². The molecule has 0 unspecified atom stereocenters. The van der Waals surface area contributed by atoms with Crippen molar-refractivity contribution in [3.05, 3.63) is 187 Å². The van der Waals surface area contributed by atoms with Crippen LogP contribution in [-0.2, 0) is 4.79 Å². The number of hydrogen-bond donors (Lipinski definition) is 2. The number of nitrogens with two attached hydrogens (primary N) is 1. The first kappa shape index (κ1) is 36.4. The van der Waals surface area contributed by atoms with Gasteiger partial charge in [0.05, 0.1) is 0 Å². The summed E-state index contributed by atoms with van der Waals surface area (Å²) in [4.78, 5) is 25.0. The summed E-state index contributed by atoms with van der Waals surface area (Å²) >= 11 is 0. The van der Waals surface area contributed by atoms with Gasteiger partial charge in [-0.15, -0.1) is 0 Å². The van der Waals surface area contributed by atoms with Crippen molar-refractivity contribution >= 4 is 54.2 Å². The molecule has 6 rings (SSSR count). The minimum atomic E-state index is -0.903. The summed E-state index contributed by atoms with van der Waals surface area (Å²) in [5, 5.41) is 10.1. The average molecular weight is 695 g/mol. The number of hydrogen-bond acceptors (Lipinski definition) is 2. The fourth-order valence-corrected chi connectivity index (χ4v) is 11.1. The highest BCUT2D eigenvalue weighted by Crippen LogP contribution is 2.45. The normalized spacial score (nSPS) is 13.4. The SMILES string of the molecule is C=C/C(C(N)=O)=C(\C=C)P(c1ccccc1)c1ccccc1.O=C(NC1CCCCC1)c1ccccc1P(c1ccccc1)c1ccccc1. The van der Waals surface area contributed by atoms with Gasteiger partial charge in [-0.1, -0.05) is 184 Å². The van der Waals surface area contributed by atoms with E-state index >= 15 is 0 Å². The Morgan fingerprint density at radius 2 is 1.04 bits per heavy atom. The molecule has 1 aliphatic carbocycles. The maximum atomic E-state index is 13.2. The summed E-state index contributed by atoms with van der Waals surface area (Å²) in [6.45, 7) is 7.61. The quantitative estimate of drug-likeness (QED) is 0.0844. The summed E-state index contributed by atoms with van der Waals surface area (Å²) in [5.41, 5.74) is 6.75. The van der Waals surface area contributed by atoms with Gasteiger partial charge in [-0.05, 0) is 66.6 Å². The molecule has 0 aliphatic heterocycles. The molecule has 0 spiro atoms. The maximum absolute atomic E-state index is 13.2. The average Bonchev–Trinajstić information content (AvgIpc) is 3.17. The second-order valence-electron chi connectivity index (χ2n) is 11.9. The van der Waals surface area contributed by atoms with Crippen LogP contribution in [-0.4, -0.2) is 17.9 Å². The minimum absolute atomic E-state index is 0.0712. The summed E-state index contributed by atoms with van der Waals surface area (Å²) in [6.07, 6.45) is 9.14. The number of primary amides is 1. The monoisotopic (exact) mass is 694 g/mol. The highest BCUT2D eigenvalue weighted by Gasteiger charge is 2.24. The van der Waals surface area contributed by atoms with E-state index in [-0.39, 0.29) is 5.91 Å². The molecule has 0 bridgehead atoms. The molecule has 4 nitrogen and oxygen atoms in total. The van der Waals surface area contributed by atoms with Gasteiger partial charge in [0.25, 0.3) is 5.91 Å². The van der Waals surface area contributed by atoms with Gasteiger partial charge in [-0.25, -0.2) is 0 Å². The second kappa shape index (κ2) is 18.8. The number of carbonyl (C=O) groups is 2. The zero-order chi connectivity index (χ0) is 35.1. The van der Waals surface area contributed by atoms with Gasteiger partial charge >= 0.3 is 0 Å². The first-order valence-corrected chi connectivity index (χ1v) is 19.7. The van der Waals surface area contributed by atoms with Crippen LogP contribution in [0, 0.1) is 0 Å². The van der Waals surface area contributed by atoms with Crippen molar-refractivity contribution < 1.29 is 9.59 Å². The van der Waals surface area contributed by atoms with Crippen LogP contribution in [0.1, 0.15) is 42.5 Å². The molecule has 252 valence electrons. The summed E-state index contributed by atoms with van der Waals surface area (Å²) in [6, 6.07) is 49.7. The predicted octanol–water partition coefficient (Wildman–Crippen LogP) is 7.74. The molecule has 2 amide bonds. The molecule has 5 aromatic rings. The minimum Gasteiger partial charge on any atom is -0.366 e. The zero-order valence-electron chi connectivity index (χ0n) is 28.3. The Labute approximate surface area is 299 Å². The molecular formula is C44H44N2O2P2. The molecular weight excluding hydrogens is 650 g/mol. The molecule has 6 heteroatoms. The van der Waals surface area contributed by atoms with Crippen molar-refractivity contribution in [3.8, 4) is 0 Å². The third-order valence-corrected chi connectivity index (χ3v) is 13.6. The van der Waals surface area contributed by atoms with Crippen molar-refractivity contribution in [3.63, 3.8) is 0 Å². The lowest BCUT2D eigenvalue weighted by Crippen LogP contribution is -2.38. The van der Waals surface area contributed by atoms with Crippen molar-refractivity contribution in [1.82, 2.24) is 5.32 Å². The van der Waals surface area contributed by atoms with Gasteiger partial charge in [0.2, 0.25) is 5.91 Å². The van der Waals surface area contributed by atoms with Crippen molar-refractivity contribution in [2.45, 2.75) is 38.1 Å². The van der Waals surface area contributed by atoms with Crippen LogP contribution in [0.5, 0.6) is 0 Å². The van der Waals surface area contributed by atoms with Gasteiger partial charge in [0.15, 0.2) is 0 Å². The van der Waals surface area contributed by atoms with Crippen LogP contribution in [0.2, 0.25) is 0 Å². The molecule has 0 radical (unpaired) electrons. The Hall–Kier alpha value is -4.88. The van der Waals surface area contributed by atoms with Crippen LogP contribution < -0.4 is 37.6 Å². The number of allylic oxidation sites excluding steroid dienone is 2. The van der Waals surface area contributed by atoms with E-state index in [0.717, 1.165) is 39.6 Å². The van der Waals surface area contributed by atoms with Crippen molar-refractivity contribution in [2.24, 2.45) is 5.73 Å². The molecule has 3 N–H and O–H groups in total. The topological polar surface area (TPSA) is 72.2 Å². The van der Waals surface area contributed by atoms with Crippen LogP contribution in [0.4, 0.5) is 0 Å². The van der Waals surface area contributed by atoms with Crippen LogP contribution in [0.3, 0.4) is 0 Å². The number of rotatable bonds is 11. The largest absolute Gasteiger partial charge is 0.366 e. The number of amides is 2. The Balaban J connectivity index is 0.000000201. The molecule has 0 saturated heterocycles. The van der Waals surface area contributed by atoms with Gasteiger partial charge in [0.1, 0.15) is 0 Å². The third-order valence-electron chi connectivity index (χ3n) is 8.57. The Bertz CT molecular complexity index is 1810. The van der Waals surface area contributed by atoms with E-state index < -0.39 is 21.8 Å². The lowest BCUT2D eigenvalue weighted by molar-refractivity contribution is -0.114. The molecule has 0 aromatic heterocycles. The molecule has 0 heterocycles. The Morgan fingerprint density at radius 3 is 1.48 bits per heavy atom. The maximum Gasteiger partial charge on any atom is 0.252 e. The third kappa shape index (κ3) is 9.42. The highest BCUT2D eigenvalue weighted by atomic mass is 31.1. The molecule has 1 saturated carbocycles. The molecule has 0 atom stereocenters. The van der Waals surface area contributed by atoms with Gasteiger partial charge < -0.3 is 11.1 Å². The fourth-order valence-electron chi connectivity index (χ4n) is 6.19. The summed E-state index contributed by atoms with van der Waals surface area (Å²) in [7, 11) is -1.69. The van der Waals surface area contributed by atoms with Crippen LogP contribution >= 0.6 is 15.8 Å². The first-order chi connectivity index (χ1) is 24.5. The van der Waals surface area contributed by atoms with E-state index in [1.807, 2.05) is 66.7 Å². The van der Waals surface area contributed by atoms with E-state index in [2.05, 4.69) is 97.3 Å². The predicted molar refractivity (Wildman–Crippen MR) is 215 cm³/mol. The van der Waals surface area contributed by atoms with Crippen LogP contribution in [0.25, 0.3) is 0 Å². The summed E-state index contributed by atoms with van der Waals surface area (Å²) in [5.74, 6) is -0.411. The highest BCUT2D eigenvalue weighted by molar-refractivity contribution is 7.80. The van der Waals surface area contributed by atoms with Gasteiger partial charge in [-0.2, -0.15) is 0 Å². The Morgan fingerprint density at radius 1 is 0.600 bits per heavy atom. The van der Waals surface area contributed by atoms with E-state index in [9.17, 15) is 9.59 Å². The zero-order valence-corrected chi connectivity index (χ0v) is 30.1. The van der Waals surface area contributed by atoms with Gasteiger partial charge in [0, 0.05) is 17.2 Å². The van der Waals surface area contributed by atoms with E-state index in [1.165, 1.54) is 35.9 Å². The summed E-state index contributed by atoms with van der Waals surface area (Å²) < 4.78 is 0. The fraction of sp³-hybridized carbons (Fsp3) is 0.136. The van der Waals surface area contributed by atoms with E-state index in [0.29, 0.717) is 11.6 Å². The molecule has 1 fully saturated rings. The van der Waals surface area contributed by atoms with Crippen LogP contribution in [0.15, 0.2) is 182 Å². The lowest BCUT2D eigenvalue weighted by atomic mass is 9.95. The van der Waals surface area contributed by atoms with Crippen molar-refractivity contribution in [1.29, 1.82) is 0 Å². The molecule has 1 aliphatic rings. The first-order valence-electron chi connectivity index (χ1n) is 17.0. The lowest BCUT2D eigenvalue weighted by Gasteiger charge is -2.25. The van der Waals surface area contributed by atoms with E-state index in [1.54, 1.807) is 6.08 Å². The van der Waals surface area contributed by atoms with E-state index in [4.69, 9.17) is 5.73 Å².